The predicted octanol–water partition coefficient (Wildman–Crippen LogP) is 3.55. The van der Waals surface area contributed by atoms with Crippen LogP contribution >= 0.6 is 11.6 Å². The molecule has 0 aromatic carbocycles. The number of esters is 1. The average Bonchev–Trinajstić information content (AvgIpc) is 2.35. The van der Waals surface area contributed by atoms with E-state index < -0.39 is 5.92 Å². The average molecular weight is 258 g/mol. The van der Waals surface area contributed by atoms with Gasteiger partial charge in [-0.3, -0.25) is 4.79 Å². The lowest BCUT2D eigenvalue weighted by Crippen LogP contribution is -2.15. The molecule has 17 heavy (non-hydrogen) atoms. The highest BCUT2D eigenvalue weighted by molar-refractivity contribution is 6.65. The van der Waals surface area contributed by atoms with E-state index in [1.165, 1.54) is 7.11 Å². The van der Waals surface area contributed by atoms with Gasteiger partial charge in [0, 0.05) is 5.92 Å². The fourth-order valence-corrected chi connectivity index (χ4v) is 1.35. The Balaban J connectivity index is 5.07. The summed E-state index contributed by atoms with van der Waals surface area (Å²) in [6, 6.07) is 0. The number of hydrogen-bond donors (Lipinski definition) is 0. The van der Waals surface area contributed by atoms with Crippen molar-refractivity contribution in [1.29, 1.82) is 0 Å². The first kappa shape index (κ1) is 15.9. The number of carbonyl (C=O) groups is 1. The molecule has 0 saturated carbocycles. The monoisotopic (exact) mass is 257 g/mol. The van der Waals surface area contributed by atoms with Crippen molar-refractivity contribution < 1.29 is 9.53 Å². The molecule has 2 unspecified atom stereocenters. The number of halogens is 1. The van der Waals surface area contributed by atoms with E-state index in [1.807, 2.05) is 13.8 Å². The van der Waals surface area contributed by atoms with Crippen molar-refractivity contribution >= 4 is 22.7 Å². The Morgan fingerprint density at radius 2 is 2.12 bits per heavy atom. The second kappa shape index (κ2) is 8.07. The van der Waals surface area contributed by atoms with Crippen molar-refractivity contribution in [3.8, 4) is 0 Å². The Labute approximate surface area is 108 Å². The van der Waals surface area contributed by atoms with Gasteiger partial charge in [-0.05, 0) is 19.4 Å². The van der Waals surface area contributed by atoms with Gasteiger partial charge in [-0.2, -0.15) is 0 Å². The highest BCUT2D eigenvalue weighted by Gasteiger charge is 2.18. The number of carbonyl (C=O) groups excluding carboxylic acids is 1. The molecule has 0 N–H and O–H groups in total. The van der Waals surface area contributed by atoms with Crippen LogP contribution in [0.25, 0.3) is 0 Å². The van der Waals surface area contributed by atoms with Gasteiger partial charge in [-0.15, -0.1) is 0 Å². The van der Waals surface area contributed by atoms with Gasteiger partial charge in [0.15, 0.2) is 0 Å². The molecule has 0 aliphatic carbocycles. The Bertz CT molecular complexity index is 334. The van der Waals surface area contributed by atoms with Gasteiger partial charge >= 0.3 is 5.97 Å². The Kier molecular flexibility index (Phi) is 7.55. The van der Waals surface area contributed by atoms with E-state index in [-0.39, 0.29) is 11.9 Å². The molecule has 0 aliphatic rings. The van der Waals surface area contributed by atoms with Crippen molar-refractivity contribution in [2.75, 3.05) is 7.11 Å². The molecule has 0 saturated heterocycles. The van der Waals surface area contributed by atoms with Gasteiger partial charge < -0.3 is 4.74 Å². The minimum absolute atomic E-state index is 0.176. The molecule has 0 fully saturated rings. The third-order valence-corrected chi connectivity index (χ3v) is 3.00. The first-order valence-electron chi connectivity index (χ1n) is 5.62. The number of rotatable bonds is 6. The lowest BCUT2D eigenvalue weighted by molar-refractivity contribution is -0.143. The molecule has 96 valence electrons. The minimum Gasteiger partial charge on any atom is -0.469 e. The van der Waals surface area contributed by atoms with Gasteiger partial charge in [-0.1, -0.05) is 38.1 Å². The van der Waals surface area contributed by atoms with Crippen LogP contribution in [0.4, 0.5) is 0 Å². The summed E-state index contributed by atoms with van der Waals surface area (Å²) in [5.74, 6) is -0.610. The summed E-state index contributed by atoms with van der Waals surface area (Å²) in [5.41, 5.74) is 0.567. The van der Waals surface area contributed by atoms with E-state index in [9.17, 15) is 4.79 Å². The molecule has 0 heterocycles. The van der Waals surface area contributed by atoms with E-state index in [0.29, 0.717) is 10.9 Å². The number of nitrogens with zero attached hydrogens (tertiary/aromatic N) is 1. The van der Waals surface area contributed by atoms with Crippen molar-refractivity contribution in [2.24, 2.45) is 16.8 Å². The molecule has 2 atom stereocenters. The molecule has 0 rings (SSSR count). The predicted molar refractivity (Wildman–Crippen MR) is 72.2 cm³/mol. The molecule has 0 bridgehead atoms. The lowest BCUT2D eigenvalue weighted by Gasteiger charge is -2.12. The van der Waals surface area contributed by atoms with Gasteiger partial charge in [0.2, 0.25) is 0 Å². The third kappa shape index (κ3) is 5.18. The van der Waals surface area contributed by atoms with Crippen LogP contribution in [0.15, 0.2) is 29.4 Å². The molecule has 3 nitrogen and oxygen atoms in total. The number of hydrogen-bond acceptors (Lipinski definition) is 3. The zero-order valence-electron chi connectivity index (χ0n) is 10.9. The Morgan fingerprint density at radius 3 is 2.53 bits per heavy atom. The quantitative estimate of drug-likeness (QED) is 0.415. The van der Waals surface area contributed by atoms with Crippen LogP contribution in [0, 0.1) is 11.8 Å². The SMILES string of the molecule is C=C/C=C(\N=C(\Cl)C(C)CC)C(C)C(=O)OC. The second-order valence-corrected chi connectivity index (χ2v) is 4.20. The van der Waals surface area contributed by atoms with Crippen LogP contribution in [0.5, 0.6) is 0 Å². The van der Waals surface area contributed by atoms with E-state index in [2.05, 4.69) is 16.3 Å². The molecule has 0 amide bonds. The summed E-state index contributed by atoms with van der Waals surface area (Å²) in [7, 11) is 1.35. The maximum absolute atomic E-state index is 11.4. The Morgan fingerprint density at radius 1 is 1.53 bits per heavy atom. The molecule has 0 radical (unpaired) electrons. The van der Waals surface area contributed by atoms with Gasteiger partial charge in [0.25, 0.3) is 0 Å². The normalized spacial score (nSPS) is 16.3. The van der Waals surface area contributed by atoms with Crippen molar-refractivity contribution in [3.63, 3.8) is 0 Å². The summed E-state index contributed by atoms with van der Waals surface area (Å²) in [6.07, 6.45) is 4.15. The molecule has 4 heteroatoms. The summed E-state index contributed by atoms with van der Waals surface area (Å²) >= 11 is 6.08. The smallest absolute Gasteiger partial charge is 0.314 e. The van der Waals surface area contributed by atoms with Crippen molar-refractivity contribution in [1.82, 2.24) is 0 Å². The molecule has 0 spiro atoms. The van der Waals surface area contributed by atoms with E-state index in [4.69, 9.17) is 11.6 Å². The zero-order valence-corrected chi connectivity index (χ0v) is 11.6. The van der Waals surface area contributed by atoms with Gasteiger partial charge in [0.05, 0.1) is 18.7 Å². The van der Waals surface area contributed by atoms with Gasteiger partial charge in [0.1, 0.15) is 5.17 Å². The lowest BCUT2D eigenvalue weighted by atomic mass is 10.1. The standard InChI is InChI=1S/C13H20ClNO2/c1-6-8-11(10(4)13(16)17-5)15-12(14)9(3)7-2/h6,8-10H,1,7H2,2-5H3/b11-8-,15-12+. The van der Waals surface area contributed by atoms with Crippen molar-refractivity contribution in [3.05, 3.63) is 24.4 Å². The first-order chi connectivity index (χ1) is 7.97. The fourth-order valence-electron chi connectivity index (χ4n) is 1.10. The number of allylic oxidation sites excluding steroid dienone is 2. The van der Waals surface area contributed by atoms with Crippen molar-refractivity contribution in [2.45, 2.75) is 27.2 Å². The molecule has 0 aliphatic heterocycles. The van der Waals surface area contributed by atoms with E-state index in [1.54, 1.807) is 19.1 Å². The highest BCUT2D eigenvalue weighted by atomic mass is 35.5. The van der Waals surface area contributed by atoms with Gasteiger partial charge in [-0.25, -0.2) is 4.99 Å². The van der Waals surface area contributed by atoms with Crippen LogP contribution in [-0.2, 0) is 9.53 Å². The van der Waals surface area contributed by atoms with Crippen LogP contribution in [0.3, 0.4) is 0 Å². The highest BCUT2D eigenvalue weighted by Crippen LogP contribution is 2.18. The Hall–Kier alpha value is -1.09. The zero-order chi connectivity index (χ0) is 13.4. The number of aliphatic imine (C=N–C) groups is 1. The number of ether oxygens (including phenoxy) is 1. The molecule has 0 aromatic heterocycles. The number of methoxy groups -OCH3 is 1. The van der Waals surface area contributed by atoms with Crippen LogP contribution in [-0.4, -0.2) is 18.2 Å². The second-order valence-electron chi connectivity index (χ2n) is 3.82. The topological polar surface area (TPSA) is 38.7 Å². The minimum atomic E-state index is -0.448. The summed E-state index contributed by atoms with van der Waals surface area (Å²) in [4.78, 5) is 15.7. The van der Waals surface area contributed by atoms with E-state index in [0.717, 1.165) is 6.42 Å². The summed E-state index contributed by atoms with van der Waals surface area (Å²) in [5, 5.41) is 0.497. The maximum Gasteiger partial charge on any atom is 0.314 e. The summed E-state index contributed by atoms with van der Waals surface area (Å²) < 4.78 is 4.68. The fraction of sp³-hybridized carbons (Fsp3) is 0.538. The van der Waals surface area contributed by atoms with Crippen LogP contribution in [0.2, 0.25) is 0 Å². The first-order valence-corrected chi connectivity index (χ1v) is 6.00. The molecular formula is C13H20ClNO2. The molecular weight excluding hydrogens is 238 g/mol. The molecule has 0 aromatic rings. The third-order valence-electron chi connectivity index (χ3n) is 2.54. The van der Waals surface area contributed by atoms with E-state index >= 15 is 0 Å². The maximum atomic E-state index is 11.4. The van der Waals surface area contributed by atoms with Crippen LogP contribution in [0.1, 0.15) is 27.2 Å². The largest absolute Gasteiger partial charge is 0.469 e. The van der Waals surface area contributed by atoms with Crippen LogP contribution < -0.4 is 0 Å². The summed E-state index contributed by atoms with van der Waals surface area (Å²) in [6.45, 7) is 9.34.